The highest BCUT2D eigenvalue weighted by Gasteiger charge is 2.40. The van der Waals surface area contributed by atoms with Gasteiger partial charge in [0.1, 0.15) is 57.5 Å². The summed E-state index contributed by atoms with van der Waals surface area (Å²) < 4.78 is 97.6. The summed E-state index contributed by atoms with van der Waals surface area (Å²) in [7, 11) is 4.63. The van der Waals surface area contributed by atoms with Gasteiger partial charge in [0.05, 0.1) is 146 Å². The first-order valence-electron chi connectivity index (χ1n) is 39.2. The number of fused-ring (bicyclic) bond motifs is 6. The van der Waals surface area contributed by atoms with Crippen molar-refractivity contribution in [3.63, 3.8) is 0 Å². The Kier molecular flexibility index (Phi) is 24.6. The van der Waals surface area contributed by atoms with Crippen LogP contribution in [0.3, 0.4) is 0 Å². The van der Waals surface area contributed by atoms with Crippen molar-refractivity contribution in [3.05, 3.63) is 192 Å². The first-order chi connectivity index (χ1) is 59.2. The van der Waals surface area contributed by atoms with Gasteiger partial charge in [0.25, 0.3) is 0 Å². The maximum absolute atomic E-state index is 15.1. The Bertz CT molecular complexity index is 6180. The Morgan fingerprint density at radius 2 is 0.730 bits per heavy atom. The molecule has 4 N–H and O–H groups in total. The lowest BCUT2D eigenvalue weighted by molar-refractivity contribution is -0.0432. The number of thiazole rings is 3. The predicted molar refractivity (Wildman–Crippen MR) is 455 cm³/mol. The van der Waals surface area contributed by atoms with E-state index in [2.05, 4.69) is 80.7 Å². The number of aromatic nitrogens is 13. The molecule has 3 aliphatic carbocycles. The SMILES string of the molecule is CCc1ccc(NC(=O)O[C@@H]2CC[C@@H]2Oc2cc3sc(-c4cc(C)cc5nc(OC)cnc45)nc3cc2F)cn1.CCc1ccc(NC(=O)O[C@H]2CC[C@H]2Oc2cc3sc(-c4cc(C)cc5nc(OC)cnc45)nc3cc2F)cn1.COc1cnc2c(-c3nc4cc(F)c(O[C@@H]5CC[C@@H]5OC(=O)Nc5cnc(CCCO)nc5)cc4s3)cc(C)cc2n1. The van der Waals surface area contributed by atoms with Gasteiger partial charge in [-0.15, -0.1) is 34.0 Å². The van der Waals surface area contributed by atoms with Gasteiger partial charge in [0.15, 0.2) is 34.7 Å². The number of methoxy groups -OCH3 is 3. The summed E-state index contributed by atoms with van der Waals surface area (Å²) in [5, 5.41) is 18.9. The van der Waals surface area contributed by atoms with Crippen LogP contribution in [0.2, 0.25) is 0 Å². The van der Waals surface area contributed by atoms with Crippen LogP contribution in [0.25, 0.3) is 95.5 Å². The van der Waals surface area contributed by atoms with Crippen LogP contribution >= 0.6 is 34.0 Å². The highest BCUT2D eigenvalue weighted by atomic mass is 32.1. The Hall–Kier alpha value is -13.3. The minimum Gasteiger partial charge on any atom is -0.483 e. The summed E-state index contributed by atoms with van der Waals surface area (Å²) >= 11 is 4.23. The molecule has 9 aromatic heterocycles. The molecule has 0 aliphatic heterocycles. The Labute approximate surface area is 706 Å². The van der Waals surface area contributed by atoms with Crippen molar-refractivity contribution < 1.29 is 75.3 Å². The van der Waals surface area contributed by atoms with Crippen molar-refractivity contribution >= 4 is 133 Å². The fourth-order valence-corrected chi connectivity index (χ4v) is 16.6. The number of aryl methyl sites for hydroxylation is 6. The second-order valence-electron chi connectivity index (χ2n) is 29.0. The zero-order valence-electron chi connectivity index (χ0n) is 67.0. The number of hydrogen-bond acceptors (Lipinski definition) is 29. The number of halogens is 3. The van der Waals surface area contributed by atoms with E-state index in [0.717, 1.165) is 71.7 Å². The first kappa shape index (κ1) is 82.4. The molecular formula is C87H79F3N16O13S3. The number of aliphatic hydroxyl groups is 1. The quantitative estimate of drug-likeness (QED) is 0.0432. The van der Waals surface area contributed by atoms with E-state index >= 15 is 13.2 Å². The van der Waals surface area contributed by atoms with E-state index in [9.17, 15) is 14.4 Å². The number of carbonyl (C=O) groups is 3. The van der Waals surface area contributed by atoms with Crippen molar-refractivity contribution in [2.24, 2.45) is 0 Å². The number of rotatable bonds is 23. The number of hydrogen-bond donors (Lipinski definition) is 4. The second kappa shape index (κ2) is 36.4. The van der Waals surface area contributed by atoms with Crippen LogP contribution in [-0.4, -0.2) is 153 Å². The number of benzene rings is 6. The van der Waals surface area contributed by atoms with Crippen molar-refractivity contribution in [1.82, 2.24) is 64.8 Å². The standard InChI is InChI=1S/C29H27FN6O5S.2C29H26FN5O4S/c1-15-8-17(27-20(9-15)35-26(39-2)14-33-27)28-36-19-10-18(30)23(11-24(19)42-28)40-21-5-6-22(21)41-29(38)34-16-12-31-25(32-13-16)4-3-7-37;2*1-4-16-5-6-17(13-31-16)33-29(36)39-23-8-7-22(23)38-24-12-25-20(11-19(24)30)35-28(40-25)18-9-15(2)10-21-27(18)32-14-26(34-21)37-3/h8-14,21-22,37H,3-7H2,1-2H3,(H,34,38);2*5-6,9-14,22-23H,4,7-8H2,1-3H3,(H,33,36)/t21-,22+;2*22-,23+/m110/s1. The third kappa shape index (κ3) is 18.7. The average molecular weight is 1710 g/mol. The minimum atomic E-state index is -0.672. The number of aliphatic hydroxyl groups excluding tert-OH is 1. The molecule has 18 rings (SSSR count). The zero-order valence-corrected chi connectivity index (χ0v) is 69.5. The number of ether oxygens (including phenoxy) is 9. The number of nitrogens with one attached hydrogen (secondary N) is 3. The normalized spacial score (nSPS) is 16.4. The highest BCUT2D eigenvalue weighted by Crippen LogP contribution is 2.44. The predicted octanol–water partition coefficient (Wildman–Crippen LogP) is 18.2. The fraction of sp³-hybridized carbons (Fsp3) is 0.287. The zero-order chi connectivity index (χ0) is 84.8. The average Bonchev–Trinajstić information content (AvgIpc) is 1.63. The van der Waals surface area contributed by atoms with Crippen LogP contribution < -0.4 is 44.4 Å². The molecule has 0 radical (unpaired) electrons. The molecule has 3 aliphatic rings. The molecule has 122 heavy (non-hydrogen) atoms. The van der Waals surface area contributed by atoms with Crippen LogP contribution in [0.4, 0.5) is 44.6 Å². The monoisotopic (exact) mass is 1710 g/mol. The number of anilines is 3. The van der Waals surface area contributed by atoms with Crippen molar-refractivity contribution in [2.45, 2.75) is 135 Å². The molecule has 3 fully saturated rings. The molecule has 29 nitrogen and oxygen atoms in total. The lowest BCUT2D eigenvalue weighted by Gasteiger charge is -2.35. The summed E-state index contributed by atoms with van der Waals surface area (Å²) in [5.74, 6) is 0.503. The molecule has 0 saturated heterocycles. The molecule has 624 valence electrons. The number of carbonyl (C=O) groups excluding carboxylic acids is 3. The smallest absolute Gasteiger partial charge is 0.412 e. The summed E-state index contributed by atoms with van der Waals surface area (Å²) in [6.45, 7) is 9.98. The third-order valence-electron chi connectivity index (χ3n) is 20.4. The summed E-state index contributed by atoms with van der Waals surface area (Å²) in [6.07, 6.45) is 12.6. The van der Waals surface area contributed by atoms with Gasteiger partial charge in [-0.1, -0.05) is 13.8 Å². The molecule has 6 atom stereocenters. The van der Waals surface area contributed by atoms with E-state index in [4.69, 9.17) is 47.7 Å². The van der Waals surface area contributed by atoms with Gasteiger partial charge in [0.2, 0.25) is 17.6 Å². The van der Waals surface area contributed by atoms with E-state index in [1.807, 2.05) is 83.1 Å². The molecule has 0 bridgehead atoms. The van der Waals surface area contributed by atoms with Crippen molar-refractivity contribution in [2.75, 3.05) is 43.9 Å². The van der Waals surface area contributed by atoms with Gasteiger partial charge in [0, 0.05) is 77.5 Å². The van der Waals surface area contributed by atoms with E-state index < -0.39 is 72.4 Å². The lowest BCUT2D eigenvalue weighted by Crippen LogP contribution is -2.45. The first-order valence-corrected chi connectivity index (χ1v) is 41.6. The van der Waals surface area contributed by atoms with Gasteiger partial charge in [-0.2, -0.15) is 0 Å². The van der Waals surface area contributed by atoms with Gasteiger partial charge in [-0.25, -0.2) is 82.4 Å². The molecule has 6 aromatic carbocycles. The lowest BCUT2D eigenvalue weighted by atomic mass is 9.92. The maximum atomic E-state index is 15.1. The van der Waals surface area contributed by atoms with Gasteiger partial charge in [-0.05, 0) is 156 Å². The van der Waals surface area contributed by atoms with Crippen molar-refractivity contribution in [3.8, 4) is 66.6 Å². The Morgan fingerprint density at radius 1 is 0.402 bits per heavy atom. The highest BCUT2D eigenvalue weighted by molar-refractivity contribution is 7.22. The van der Waals surface area contributed by atoms with E-state index in [1.54, 1.807) is 82.6 Å². The number of pyridine rings is 2. The Balaban J connectivity index is 0.000000136. The fourth-order valence-electron chi connectivity index (χ4n) is 13.6. The summed E-state index contributed by atoms with van der Waals surface area (Å²) in [4.78, 5) is 95.1. The molecule has 15 aromatic rings. The van der Waals surface area contributed by atoms with Crippen LogP contribution in [0.5, 0.6) is 34.9 Å². The van der Waals surface area contributed by atoms with E-state index in [1.165, 1.54) is 64.6 Å². The largest absolute Gasteiger partial charge is 0.483 e. The van der Waals surface area contributed by atoms with Gasteiger partial charge < -0.3 is 47.7 Å². The molecule has 3 amide bonds. The maximum Gasteiger partial charge on any atom is 0.412 e. The number of nitrogens with zero attached hydrogens (tertiary/aromatic N) is 13. The van der Waals surface area contributed by atoms with Crippen LogP contribution in [0, 0.1) is 38.2 Å². The topological polar surface area (TPSA) is 358 Å². The minimum absolute atomic E-state index is 0.0557. The number of amides is 3. The van der Waals surface area contributed by atoms with Crippen LogP contribution in [0.15, 0.2) is 140 Å². The van der Waals surface area contributed by atoms with Crippen LogP contribution in [0.1, 0.15) is 92.7 Å². The Morgan fingerprint density at radius 3 is 1.02 bits per heavy atom. The summed E-state index contributed by atoms with van der Waals surface area (Å²) in [5.41, 5.74) is 14.4. The third-order valence-corrected chi connectivity index (χ3v) is 23.5. The van der Waals surface area contributed by atoms with E-state index in [-0.39, 0.29) is 23.9 Å². The molecule has 35 heteroatoms. The van der Waals surface area contributed by atoms with Gasteiger partial charge >= 0.3 is 18.3 Å². The second-order valence-corrected chi connectivity index (χ2v) is 32.1. The molecule has 3 saturated carbocycles. The molecular weight excluding hydrogens is 1630 g/mol. The van der Waals surface area contributed by atoms with Gasteiger partial charge in [-0.3, -0.25) is 25.9 Å². The molecule has 9 heterocycles. The van der Waals surface area contributed by atoms with Crippen LogP contribution in [-0.2, 0) is 33.5 Å². The molecule has 0 spiro atoms. The van der Waals surface area contributed by atoms with Crippen molar-refractivity contribution in [1.29, 1.82) is 0 Å². The summed E-state index contributed by atoms with van der Waals surface area (Å²) in [6, 6.07) is 28.0. The molecule has 0 unspecified atom stereocenters. The van der Waals surface area contributed by atoms with E-state index in [0.29, 0.717) is 157 Å².